The zero-order valence-electron chi connectivity index (χ0n) is 16.0. The summed E-state index contributed by atoms with van der Waals surface area (Å²) in [5, 5.41) is 3.98. The Labute approximate surface area is 172 Å². The van der Waals surface area contributed by atoms with Crippen LogP contribution in [0.4, 0.5) is 19.3 Å². The molecule has 0 aliphatic carbocycles. The summed E-state index contributed by atoms with van der Waals surface area (Å²) in [7, 11) is 0. The number of amides is 2. The number of urea groups is 1. The molecule has 0 saturated carbocycles. The monoisotopic (exact) mass is 403 g/mol. The van der Waals surface area contributed by atoms with Crippen LogP contribution in [0.5, 0.6) is 0 Å². The summed E-state index contributed by atoms with van der Waals surface area (Å²) in [5.41, 5.74) is 4.45. The minimum Gasteiger partial charge on any atom is -0.356 e. The van der Waals surface area contributed by atoms with E-state index in [0.29, 0.717) is 18.7 Å². The Hall–Kier alpha value is -3.67. The zero-order valence-corrected chi connectivity index (χ0v) is 16.0. The number of halogens is 2. The smallest absolute Gasteiger partial charge is 0.322 e. The number of rotatable bonds is 2. The fraction of sp³-hybridized carbons (Fsp3) is 0.125. The first kappa shape index (κ1) is 18.4. The van der Waals surface area contributed by atoms with Crippen molar-refractivity contribution in [2.45, 2.75) is 12.5 Å². The van der Waals surface area contributed by atoms with E-state index in [1.54, 1.807) is 17.0 Å². The molecule has 0 fully saturated rings. The molecule has 4 nitrogen and oxygen atoms in total. The van der Waals surface area contributed by atoms with E-state index >= 15 is 0 Å². The number of nitrogens with zero attached hydrogens (tertiary/aromatic N) is 1. The van der Waals surface area contributed by atoms with Crippen molar-refractivity contribution >= 4 is 22.6 Å². The molecule has 1 atom stereocenters. The Morgan fingerprint density at radius 2 is 1.60 bits per heavy atom. The van der Waals surface area contributed by atoms with Crippen LogP contribution in [-0.2, 0) is 6.42 Å². The minimum atomic E-state index is -0.387. The second-order valence-electron chi connectivity index (χ2n) is 7.40. The average Bonchev–Trinajstić information content (AvgIpc) is 3.14. The predicted molar refractivity (Wildman–Crippen MR) is 112 cm³/mol. The van der Waals surface area contributed by atoms with Crippen LogP contribution < -0.4 is 5.32 Å². The molecule has 0 saturated heterocycles. The lowest BCUT2D eigenvalue weighted by atomic mass is 9.92. The van der Waals surface area contributed by atoms with Crippen molar-refractivity contribution in [3.63, 3.8) is 0 Å². The van der Waals surface area contributed by atoms with E-state index in [-0.39, 0.29) is 23.7 Å². The maximum Gasteiger partial charge on any atom is 0.322 e. The molecule has 6 heteroatoms. The summed E-state index contributed by atoms with van der Waals surface area (Å²) < 4.78 is 26.8. The number of carbonyl (C=O) groups is 1. The van der Waals surface area contributed by atoms with Crippen molar-refractivity contribution in [2.24, 2.45) is 0 Å². The minimum absolute atomic E-state index is 0.291. The predicted octanol–water partition coefficient (Wildman–Crippen LogP) is 5.63. The molecule has 0 bridgehead atoms. The topological polar surface area (TPSA) is 48.1 Å². The zero-order chi connectivity index (χ0) is 20.7. The molecule has 30 heavy (non-hydrogen) atoms. The highest BCUT2D eigenvalue weighted by atomic mass is 19.1. The van der Waals surface area contributed by atoms with Crippen LogP contribution in [0.1, 0.15) is 22.9 Å². The van der Waals surface area contributed by atoms with Crippen molar-refractivity contribution in [1.82, 2.24) is 9.88 Å². The van der Waals surface area contributed by atoms with Gasteiger partial charge in [0.05, 0.1) is 6.04 Å². The van der Waals surface area contributed by atoms with Crippen molar-refractivity contribution in [2.75, 3.05) is 11.9 Å². The molecule has 2 heterocycles. The third-order valence-corrected chi connectivity index (χ3v) is 5.58. The summed E-state index contributed by atoms with van der Waals surface area (Å²) >= 11 is 0. The van der Waals surface area contributed by atoms with Gasteiger partial charge in [-0.3, -0.25) is 0 Å². The Balaban J connectivity index is 1.56. The number of hydrogen-bond acceptors (Lipinski definition) is 1. The molecular weight excluding hydrogens is 384 g/mol. The summed E-state index contributed by atoms with van der Waals surface area (Å²) in [5.74, 6) is -0.688. The molecule has 1 aromatic heterocycles. The highest BCUT2D eigenvalue weighted by molar-refractivity contribution is 5.91. The fourth-order valence-electron chi connectivity index (χ4n) is 4.18. The first-order valence-corrected chi connectivity index (χ1v) is 9.78. The van der Waals surface area contributed by atoms with Gasteiger partial charge in [-0.05, 0) is 60.0 Å². The molecule has 0 unspecified atom stereocenters. The number of aromatic amines is 1. The van der Waals surface area contributed by atoms with E-state index in [0.717, 1.165) is 22.2 Å². The van der Waals surface area contributed by atoms with Crippen LogP contribution in [-0.4, -0.2) is 22.5 Å². The number of anilines is 1. The van der Waals surface area contributed by atoms with Crippen molar-refractivity contribution in [3.05, 3.63) is 101 Å². The van der Waals surface area contributed by atoms with Crippen molar-refractivity contribution < 1.29 is 13.6 Å². The molecule has 1 aliphatic rings. The Bertz CT molecular complexity index is 1220. The number of para-hydroxylation sites is 1. The molecule has 3 aromatic carbocycles. The molecule has 4 aromatic rings. The van der Waals surface area contributed by atoms with Gasteiger partial charge in [0.15, 0.2) is 0 Å². The van der Waals surface area contributed by atoms with Gasteiger partial charge in [-0.2, -0.15) is 0 Å². The van der Waals surface area contributed by atoms with Gasteiger partial charge >= 0.3 is 6.03 Å². The van der Waals surface area contributed by atoms with Crippen molar-refractivity contribution in [1.29, 1.82) is 0 Å². The van der Waals surface area contributed by atoms with Gasteiger partial charge in [0.1, 0.15) is 11.6 Å². The summed E-state index contributed by atoms with van der Waals surface area (Å²) in [6, 6.07) is 19.3. The fourth-order valence-corrected chi connectivity index (χ4v) is 4.18. The van der Waals surface area contributed by atoms with E-state index in [4.69, 9.17) is 0 Å². The summed E-state index contributed by atoms with van der Waals surface area (Å²) in [6.45, 7) is 0.504. The van der Waals surface area contributed by atoms with E-state index in [2.05, 4.69) is 16.4 Å². The van der Waals surface area contributed by atoms with Crippen molar-refractivity contribution in [3.8, 4) is 0 Å². The number of benzene rings is 3. The second kappa shape index (κ2) is 7.30. The summed E-state index contributed by atoms with van der Waals surface area (Å²) in [4.78, 5) is 18.4. The summed E-state index contributed by atoms with van der Waals surface area (Å²) in [6.07, 6.45) is 0.702. The van der Waals surface area contributed by atoms with Crippen LogP contribution in [0.25, 0.3) is 10.9 Å². The highest BCUT2D eigenvalue weighted by Crippen LogP contribution is 2.38. The van der Waals surface area contributed by atoms with Gasteiger partial charge in [0, 0.05) is 28.8 Å². The standard InChI is InChI=1S/C24H19F2N3O/c25-16-7-5-15(6-8-16)23-22-20(19-3-1-2-4-21(19)28-22)13-14-29(23)24(30)27-18-11-9-17(26)10-12-18/h1-12,23,28H,13-14H2,(H,27,30)/t23-/m0/s1. The van der Waals surface area contributed by atoms with Crippen LogP contribution in [0, 0.1) is 11.6 Å². The quantitative estimate of drug-likeness (QED) is 0.448. The molecule has 150 valence electrons. The average molecular weight is 403 g/mol. The van der Waals surface area contributed by atoms with Crippen LogP contribution in [0.15, 0.2) is 72.8 Å². The lowest BCUT2D eigenvalue weighted by Crippen LogP contribution is -2.43. The van der Waals surface area contributed by atoms with Gasteiger partial charge < -0.3 is 15.2 Å². The van der Waals surface area contributed by atoms with Crippen LogP contribution in [0.3, 0.4) is 0 Å². The van der Waals surface area contributed by atoms with Gasteiger partial charge in [0.2, 0.25) is 0 Å². The van der Waals surface area contributed by atoms with Gasteiger partial charge in [-0.1, -0.05) is 30.3 Å². The van der Waals surface area contributed by atoms with E-state index in [9.17, 15) is 13.6 Å². The first-order valence-electron chi connectivity index (χ1n) is 9.78. The number of nitrogens with one attached hydrogen (secondary N) is 2. The number of H-pyrrole nitrogens is 1. The second-order valence-corrected chi connectivity index (χ2v) is 7.40. The van der Waals surface area contributed by atoms with Gasteiger partial charge in [-0.15, -0.1) is 0 Å². The maximum atomic E-state index is 13.6. The number of carbonyl (C=O) groups excluding carboxylic acids is 1. The Morgan fingerprint density at radius 1 is 0.933 bits per heavy atom. The molecule has 5 rings (SSSR count). The van der Waals surface area contributed by atoms with Gasteiger partial charge in [-0.25, -0.2) is 13.6 Å². The molecule has 2 N–H and O–H groups in total. The molecule has 0 radical (unpaired) electrons. The third kappa shape index (κ3) is 3.20. The number of fused-ring (bicyclic) bond motifs is 3. The number of aromatic nitrogens is 1. The highest BCUT2D eigenvalue weighted by Gasteiger charge is 2.34. The molecule has 1 aliphatic heterocycles. The van der Waals surface area contributed by atoms with E-state index < -0.39 is 0 Å². The normalized spacial score (nSPS) is 15.8. The number of hydrogen-bond donors (Lipinski definition) is 2. The SMILES string of the molecule is O=C(Nc1ccc(F)cc1)N1CCc2c([nH]c3ccccc23)[C@@H]1c1ccc(F)cc1. The Kier molecular flexibility index (Phi) is 4.47. The Morgan fingerprint density at radius 3 is 2.33 bits per heavy atom. The van der Waals surface area contributed by atoms with E-state index in [1.165, 1.54) is 42.0 Å². The van der Waals surface area contributed by atoms with Gasteiger partial charge in [0.25, 0.3) is 0 Å². The molecule has 0 spiro atoms. The molecule has 2 amide bonds. The van der Waals surface area contributed by atoms with E-state index in [1.807, 2.05) is 18.2 Å². The molecular formula is C24H19F2N3O. The van der Waals surface area contributed by atoms with Crippen LogP contribution >= 0.6 is 0 Å². The lowest BCUT2D eigenvalue weighted by Gasteiger charge is -2.36. The largest absolute Gasteiger partial charge is 0.356 e. The third-order valence-electron chi connectivity index (χ3n) is 5.58. The van der Waals surface area contributed by atoms with Crippen LogP contribution in [0.2, 0.25) is 0 Å². The lowest BCUT2D eigenvalue weighted by molar-refractivity contribution is 0.193. The maximum absolute atomic E-state index is 13.6. The first-order chi connectivity index (χ1) is 14.6.